The maximum absolute atomic E-state index is 13.4. The zero-order valence-corrected chi connectivity index (χ0v) is 27.7. The lowest BCUT2D eigenvalue weighted by Gasteiger charge is -2.29. The minimum atomic E-state index is -0.211. The van der Waals surface area contributed by atoms with Gasteiger partial charge in [0.05, 0.1) is 47.2 Å². The molecule has 1 fully saturated rings. The molecule has 0 saturated carbocycles. The lowest BCUT2D eigenvalue weighted by atomic mass is 10.0. The van der Waals surface area contributed by atoms with E-state index in [9.17, 15) is 14.4 Å². The van der Waals surface area contributed by atoms with Gasteiger partial charge in [-0.2, -0.15) is 0 Å². The Morgan fingerprint density at radius 3 is 2.69 bits per heavy atom. The van der Waals surface area contributed by atoms with Crippen molar-refractivity contribution in [2.75, 3.05) is 26.7 Å². The normalized spacial score (nSPS) is 15.3. The Bertz CT molecular complexity index is 1910. The quantitative estimate of drug-likeness (QED) is 0.0888. The van der Waals surface area contributed by atoms with E-state index in [1.165, 1.54) is 0 Å². The van der Waals surface area contributed by atoms with Crippen molar-refractivity contribution in [2.24, 2.45) is 5.92 Å². The Morgan fingerprint density at radius 2 is 1.88 bits per heavy atom. The minimum absolute atomic E-state index is 0.00346. The number of H-pyrrole nitrogens is 2. The first-order valence-corrected chi connectivity index (χ1v) is 16.7. The van der Waals surface area contributed by atoms with Gasteiger partial charge in [0.2, 0.25) is 18.2 Å². The van der Waals surface area contributed by atoms with Crippen molar-refractivity contribution >= 4 is 40.0 Å². The molecule has 1 saturated heterocycles. The molecule has 0 bridgehead atoms. The average molecular weight is 650 g/mol. The molecule has 3 amide bonds. The Balaban J connectivity index is 1.11. The number of nitrogens with one attached hydrogen (secondary N) is 5. The third kappa shape index (κ3) is 7.23. The molecule has 2 aromatic carbocycles. The Morgan fingerprint density at radius 1 is 1.02 bits per heavy atom. The fourth-order valence-corrected chi connectivity index (χ4v) is 6.53. The molecule has 6 rings (SSSR count). The van der Waals surface area contributed by atoms with E-state index in [2.05, 4.69) is 75.1 Å². The van der Waals surface area contributed by atoms with Gasteiger partial charge in [-0.05, 0) is 68.3 Å². The lowest BCUT2D eigenvalue weighted by molar-refractivity contribution is -0.135. The summed E-state index contributed by atoms with van der Waals surface area (Å²) >= 11 is 0. The molecular weight excluding hydrogens is 606 g/mol. The van der Waals surface area contributed by atoms with Crippen LogP contribution in [0.15, 0.2) is 54.9 Å². The number of pyridine rings is 1. The van der Waals surface area contributed by atoms with Gasteiger partial charge >= 0.3 is 0 Å². The summed E-state index contributed by atoms with van der Waals surface area (Å²) < 4.78 is 0. The van der Waals surface area contributed by atoms with Gasteiger partial charge in [-0.3, -0.25) is 19.4 Å². The average Bonchev–Trinajstić information content (AvgIpc) is 3.86. The van der Waals surface area contributed by atoms with Gasteiger partial charge in [0.25, 0.3) is 0 Å². The molecule has 12 nitrogen and oxygen atoms in total. The number of fused-ring (bicyclic) bond motifs is 2. The van der Waals surface area contributed by atoms with Gasteiger partial charge in [0.1, 0.15) is 11.6 Å². The highest BCUT2D eigenvalue weighted by Crippen LogP contribution is 2.34. The van der Waals surface area contributed by atoms with Gasteiger partial charge in [-0.1, -0.05) is 32.0 Å². The molecule has 3 aromatic heterocycles. The first kappa shape index (κ1) is 32.8. The molecular formula is C36H43N9O3. The van der Waals surface area contributed by atoms with Crippen molar-refractivity contribution in [1.29, 1.82) is 0 Å². The van der Waals surface area contributed by atoms with Crippen molar-refractivity contribution in [3.8, 4) is 22.5 Å². The second-order valence-corrected chi connectivity index (χ2v) is 12.7. The number of likely N-dealkylation sites (N-methyl/N-ethyl adjacent to an activating group) is 1. The number of benzene rings is 2. The number of aromatic amines is 2. The number of rotatable bonds is 14. The molecule has 5 aromatic rings. The standard InChI is InChI=1S/C36H43N9O3/c1-22(2)34(37-3)36(48)45-14-6-7-31(45)35-43-27-12-11-25(17-29(27)44-35)28-16-23-9-10-24(15-26(23)18-40-28)30-19-41-32(42-30)8-4-5-13-39-33(47)20-38-21-46/h9-12,15-19,21-22,31,34,37H,4-8,13-14,20H2,1-3H3,(H,38,46)(H,39,47)(H,41,42)(H,43,44). The van der Waals surface area contributed by atoms with Crippen LogP contribution in [0.3, 0.4) is 0 Å². The molecule has 0 spiro atoms. The summed E-state index contributed by atoms with van der Waals surface area (Å²) in [6.45, 7) is 5.43. The summed E-state index contributed by atoms with van der Waals surface area (Å²) in [6, 6.07) is 14.3. The fraction of sp³-hybridized carbons (Fsp3) is 0.389. The van der Waals surface area contributed by atoms with Gasteiger partial charge < -0.3 is 30.8 Å². The third-order valence-electron chi connectivity index (χ3n) is 9.06. The number of carbonyl (C=O) groups is 3. The van der Waals surface area contributed by atoms with Crippen LogP contribution in [0.25, 0.3) is 44.3 Å². The van der Waals surface area contributed by atoms with Crippen LogP contribution in [-0.4, -0.2) is 80.8 Å². The molecule has 2 unspecified atom stereocenters. The molecule has 48 heavy (non-hydrogen) atoms. The largest absolute Gasteiger partial charge is 0.355 e. The van der Waals surface area contributed by atoms with Gasteiger partial charge in [0.15, 0.2) is 0 Å². The second kappa shape index (κ2) is 14.8. The Hall–Kier alpha value is -5.10. The van der Waals surface area contributed by atoms with E-state index in [0.717, 1.165) is 94.6 Å². The molecule has 1 aliphatic rings. The second-order valence-electron chi connectivity index (χ2n) is 12.7. The number of unbranched alkanes of at least 4 members (excludes halogenated alkanes) is 1. The Labute approximate surface area is 279 Å². The van der Waals surface area contributed by atoms with Crippen LogP contribution in [-0.2, 0) is 20.8 Å². The molecule has 12 heteroatoms. The summed E-state index contributed by atoms with van der Waals surface area (Å²) in [4.78, 5) is 58.4. The van der Waals surface area contributed by atoms with E-state index in [-0.39, 0.29) is 36.4 Å². The number of carbonyl (C=O) groups excluding carboxylic acids is 3. The monoisotopic (exact) mass is 649 g/mol. The van der Waals surface area contributed by atoms with Crippen LogP contribution >= 0.6 is 0 Å². The number of imidazole rings is 2. The molecule has 0 aliphatic carbocycles. The van der Waals surface area contributed by atoms with E-state index in [1.54, 1.807) is 0 Å². The smallest absolute Gasteiger partial charge is 0.240 e. The van der Waals surface area contributed by atoms with E-state index in [4.69, 9.17) is 9.97 Å². The number of hydrogen-bond donors (Lipinski definition) is 5. The highest BCUT2D eigenvalue weighted by Gasteiger charge is 2.36. The predicted molar refractivity (Wildman–Crippen MR) is 186 cm³/mol. The molecule has 0 radical (unpaired) electrons. The first-order valence-electron chi connectivity index (χ1n) is 16.7. The van der Waals surface area contributed by atoms with Crippen molar-refractivity contribution in [3.05, 3.63) is 66.5 Å². The van der Waals surface area contributed by atoms with E-state index in [1.807, 2.05) is 36.5 Å². The van der Waals surface area contributed by atoms with Crippen molar-refractivity contribution < 1.29 is 14.4 Å². The number of aromatic nitrogens is 5. The van der Waals surface area contributed by atoms with Gasteiger partial charge in [0, 0.05) is 42.2 Å². The number of amides is 3. The van der Waals surface area contributed by atoms with Gasteiger partial charge in [-0.15, -0.1) is 0 Å². The summed E-state index contributed by atoms with van der Waals surface area (Å²) in [5.74, 6) is 1.88. The van der Waals surface area contributed by atoms with Crippen molar-refractivity contribution in [2.45, 2.75) is 58.0 Å². The summed E-state index contributed by atoms with van der Waals surface area (Å²) in [5.41, 5.74) is 5.65. The predicted octanol–water partition coefficient (Wildman–Crippen LogP) is 4.26. The van der Waals surface area contributed by atoms with Crippen molar-refractivity contribution in [3.63, 3.8) is 0 Å². The number of nitrogens with zero attached hydrogens (tertiary/aromatic N) is 4. The van der Waals surface area contributed by atoms with Gasteiger partial charge in [-0.25, -0.2) is 9.97 Å². The first-order chi connectivity index (χ1) is 23.3. The van der Waals surface area contributed by atoms with Crippen LogP contribution < -0.4 is 16.0 Å². The summed E-state index contributed by atoms with van der Waals surface area (Å²) in [6.07, 6.45) is 8.59. The minimum Gasteiger partial charge on any atom is -0.355 e. The topological polar surface area (TPSA) is 161 Å². The number of hydrogen-bond acceptors (Lipinski definition) is 7. The molecule has 1 aliphatic heterocycles. The highest BCUT2D eigenvalue weighted by molar-refractivity contribution is 5.90. The fourth-order valence-electron chi connectivity index (χ4n) is 6.53. The van der Waals surface area contributed by atoms with Crippen LogP contribution in [0.1, 0.15) is 57.2 Å². The molecule has 250 valence electrons. The van der Waals surface area contributed by atoms with Crippen LogP contribution in [0.4, 0.5) is 0 Å². The lowest BCUT2D eigenvalue weighted by Crippen LogP contribution is -2.47. The molecule has 5 N–H and O–H groups in total. The summed E-state index contributed by atoms with van der Waals surface area (Å²) in [7, 11) is 1.85. The molecule has 4 heterocycles. The Kier molecular flexibility index (Phi) is 10.1. The zero-order valence-electron chi connectivity index (χ0n) is 27.7. The van der Waals surface area contributed by atoms with E-state index in [0.29, 0.717) is 13.0 Å². The highest BCUT2D eigenvalue weighted by atomic mass is 16.2. The zero-order chi connectivity index (χ0) is 33.6. The maximum Gasteiger partial charge on any atom is 0.240 e. The van der Waals surface area contributed by atoms with Crippen LogP contribution in [0, 0.1) is 5.92 Å². The van der Waals surface area contributed by atoms with Crippen LogP contribution in [0.5, 0.6) is 0 Å². The van der Waals surface area contributed by atoms with Crippen molar-refractivity contribution in [1.82, 2.24) is 45.8 Å². The maximum atomic E-state index is 13.4. The third-order valence-corrected chi connectivity index (χ3v) is 9.06. The summed E-state index contributed by atoms with van der Waals surface area (Å²) in [5, 5.41) is 10.4. The van der Waals surface area contributed by atoms with Crippen LogP contribution in [0.2, 0.25) is 0 Å². The molecule has 2 atom stereocenters. The number of likely N-dealkylation sites (tertiary alicyclic amines) is 1. The van der Waals surface area contributed by atoms with E-state index < -0.39 is 0 Å². The van der Waals surface area contributed by atoms with E-state index >= 15 is 0 Å². The SMILES string of the molecule is CNC(C(=O)N1CCCC1c1nc2ccc(-c3cc4ccc(-c5cnc(CCCCNC(=O)CNC=O)[nH]5)cc4cn3)cc2[nH]1)C(C)C. The number of aryl methyl sites for hydroxylation is 1.